The first-order valence-corrected chi connectivity index (χ1v) is 13.4. The van der Waals surface area contributed by atoms with Gasteiger partial charge in [0.25, 0.3) is 0 Å². The van der Waals surface area contributed by atoms with E-state index in [-0.39, 0.29) is 44.0 Å². The number of hydrogen-bond donors (Lipinski definition) is 0. The molecule has 1 fully saturated rings. The molecule has 5 heteroatoms. The van der Waals surface area contributed by atoms with Gasteiger partial charge in [-0.1, -0.05) is 30.3 Å². The summed E-state index contributed by atoms with van der Waals surface area (Å²) in [5, 5.41) is 0. The molecular formula is C25H25F3IO-. The van der Waals surface area contributed by atoms with Crippen LogP contribution < -0.4 is 21.2 Å². The summed E-state index contributed by atoms with van der Waals surface area (Å²) in [7, 11) is 0. The molecule has 0 aromatic heterocycles. The third-order valence-electron chi connectivity index (χ3n) is 5.25. The van der Waals surface area contributed by atoms with Crippen molar-refractivity contribution in [1.82, 2.24) is 0 Å². The molecule has 1 nitrogen and oxygen atoms in total. The van der Waals surface area contributed by atoms with Gasteiger partial charge in [-0.15, -0.1) is 0 Å². The van der Waals surface area contributed by atoms with Gasteiger partial charge >= 0.3 is 157 Å². The third kappa shape index (κ3) is 6.60. The molecule has 0 aliphatic carbocycles. The molecule has 2 aromatic carbocycles. The zero-order valence-electron chi connectivity index (χ0n) is 16.8. The summed E-state index contributed by atoms with van der Waals surface area (Å²) in [6.07, 6.45) is 1.72. The molecule has 1 aliphatic heterocycles. The molecule has 0 spiro atoms. The standard InChI is InChI=1S/C25H25F3IO/c26-25(27,28)23-18-19(12-14-22(23)20-8-3-1-4-9-20)13-15-24(30)21-10-5-2-6-16-29-17-7-11-21/h1,3-4,8-9,12,14,18,21H,2,5-7,10-11,16-17H2/q-1. The van der Waals surface area contributed by atoms with Crippen LogP contribution in [-0.2, 0) is 11.0 Å². The van der Waals surface area contributed by atoms with E-state index in [1.54, 1.807) is 36.4 Å². The van der Waals surface area contributed by atoms with E-state index in [1.165, 1.54) is 21.3 Å². The molecule has 1 aliphatic rings. The Bertz CT molecular complexity index is 899. The Morgan fingerprint density at radius 1 is 0.933 bits per heavy atom. The molecular weight excluding hydrogens is 500 g/mol. The van der Waals surface area contributed by atoms with Gasteiger partial charge in [0.1, 0.15) is 0 Å². The van der Waals surface area contributed by atoms with Crippen LogP contribution in [0.3, 0.4) is 0 Å². The van der Waals surface area contributed by atoms with Crippen molar-refractivity contribution in [2.45, 2.75) is 44.7 Å². The van der Waals surface area contributed by atoms with Gasteiger partial charge in [0.2, 0.25) is 0 Å². The van der Waals surface area contributed by atoms with Crippen LogP contribution in [0.15, 0.2) is 48.5 Å². The molecule has 0 radical (unpaired) electrons. The van der Waals surface area contributed by atoms with Gasteiger partial charge in [-0.05, 0) is 0 Å². The van der Waals surface area contributed by atoms with Crippen LogP contribution in [0.25, 0.3) is 11.1 Å². The Balaban J connectivity index is 1.81. The minimum absolute atomic E-state index is 0.0784. The Kier molecular flexibility index (Phi) is 8.38. The van der Waals surface area contributed by atoms with Crippen molar-refractivity contribution in [1.29, 1.82) is 0 Å². The molecule has 0 amide bonds. The fourth-order valence-electron chi connectivity index (χ4n) is 3.64. The van der Waals surface area contributed by atoms with Crippen molar-refractivity contribution in [2.75, 3.05) is 8.86 Å². The minimum atomic E-state index is -4.49. The van der Waals surface area contributed by atoms with Crippen LogP contribution in [0.4, 0.5) is 13.2 Å². The summed E-state index contributed by atoms with van der Waals surface area (Å²) in [6, 6.07) is 12.6. The van der Waals surface area contributed by atoms with Crippen molar-refractivity contribution in [2.24, 2.45) is 5.92 Å². The topological polar surface area (TPSA) is 17.1 Å². The van der Waals surface area contributed by atoms with Crippen molar-refractivity contribution in [3.63, 3.8) is 0 Å². The van der Waals surface area contributed by atoms with Crippen molar-refractivity contribution in [3.05, 3.63) is 59.7 Å². The first-order valence-electron chi connectivity index (χ1n) is 10.3. The second kappa shape index (κ2) is 11.0. The van der Waals surface area contributed by atoms with Gasteiger partial charge in [0.05, 0.1) is 0 Å². The number of hydrogen-bond acceptors (Lipinski definition) is 1. The zero-order chi connectivity index (χ0) is 21.4. The molecule has 3 rings (SSSR count). The first kappa shape index (κ1) is 22.9. The number of Topliss-reactive ketones (excluding diaryl/α,β-unsaturated/α-hetero) is 1. The number of alkyl halides is 5. The van der Waals surface area contributed by atoms with Crippen molar-refractivity contribution >= 4 is 5.78 Å². The molecule has 1 heterocycles. The summed E-state index contributed by atoms with van der Waals surface area (Å²) in [5.74, 6) is 5.14. The van der Waals surface area contributed by atoms with E-state index in [0.29, 0.717) is 5.56 Å². The number of rotatable bonds is 2. The summed E-state index contributed by atoms with van der Waals surface area (Å²) >= 11 is 0.263. The maximum absolute atomic E-state index is 13.6. The van der Waals surface area contributed by atoms with Gasteiger partial charge in [0, 0.05) is 0 Å². The van der Waals surface area contributed by atoms with Gasteiger partial charge < -0.3 is 0 Å². The van der Waals surface area contributed by atoms with Crippen LogP contribution in [0.1, 0.15) is 49.7 Å². The third-order valence-corrected chi connectivity index (χ3v) is 8.30. The van der Waals surface area contributed by atoms with Gasteiger partial charge in [-0.2, -0.15) is 0 Å². The van der Waals surface area contributed by atoms with Gasteiger partial charge in [-0.25, -0.2) is 0 Å². The maximum atomic E-state index is 13.6. The predicted octanol–water partition coefficient (Wildman–Crippen LogP) is 3.35. The normalized spacial score (nSPS) is 18.4. The van der Waals surface area contributed by atoms with Crippen LogP contribution in [0.2, 0.25) is 0 Å². The summed E-state index contributed by atoms with van der Waals surface area (Å²) in [4.78, 5) is 12.6. The van der Waals surface area contributed by atoms with Crippen molar-refractivity contribution in [3.8, 4) is 23.0 Å². The predicted molar refractivity (Wildman–Crippen MR) is 110 cm³/mol. The number of carbonyl (C=O) groups excluding carboxylic acids is 1. The van der Waals surface area contributed by atoms with Gasteiger partial charge in [-0.3, -0.25) is 0 Å². The Morgan fingerprint density at radius 2 is 1.67 bits per heavy atom. The molecule has 0 saturated carbocycles. The number of ketones is 1. The SMILES string of the molecule is O=C(C#Cc1ccc(-c2ccccc2)c(C(F)(F)F)c1)C1CCCCC[I-]CCC1. The number of carbonyl (C=O) groups is 1. The Labute approximate surface area is 186 Å². The fourth-order valence-corrected chi connectivity index (χ4v) is 6.24. The summed E-state index contributed by atoms with van der Waals surface area (Å²) < 4.78 is 43.6. The van der Waals surface area contributed by atoms with E-state index in [4.69, 9.17) is 0 Å². The Morgan fingerprint density at radius 3 is 2.43 bits per heavy atom. The molecule has 0 bridgehead atoms. The van der Waals surface area contributed by atoms with Gasteiger partial charge in [0.15, 0.2) is 0 Å². The zero-order valence-corrected chi connectivity index (χ0v) is 18.9. The number of benzene rings is 2. The summed E-state index contributed by atoms with van der Waals surface area (Å²) in [5.41, 5.74) is 0.122. The quantitative estimate of drug-likeness (QED) is 0.334. The second-order valence-electron chi connectivity index (χ2n) is 7.49. The van der Waals surface area contributed by atoms with E-state index in [2.05, 4.69) is 11.8 Å². The summed E-state index contributed by atoms with van der Waals surface area (Å²) in [6.45, 7) is 0. The monoisotopic (exact) mass is 525 g/mol. The molecule has 1 unspecified atom stereocenters. The molecule has 0 N–H and O–H groups in total. The Hall–Kier alpha value is -1.81. The molecule has 1 saturated heterocycles. The van der Waals surface area contributed by atoms with E-state index >= 15 is 0 Å². The fraction of sp³-hybridized carbons (Fsp3) is 0.400. The average molecular weight is 525 g/mol. The molecule has 1 atom stereocenters. The molecule has 30 heavy (non-hydrogen) atoms. The van der Waals surface area contributed by atoms with Crippen LogP contribution >= 0.6 is 0 Å². The van der Waals surface area contributed by atoms with Crippen LogP contribution in [-0.4, -0.2) is 14.6 Å². The van der Waals surface area contributed by atoms with E-state index in [1.807, 2.05) is 0 Å². The van der Waals surface area contributed by atoms with Crippen molar-refractivity contribution < 1.29 is 39.2 Å². The molecule has 160 valence electrons. The van der Waals surface area contributed by atoms with E-state index in [0.717, 1.165) is 38.2 Å². The van der Waals surface area contributed by atoms with E-state index in [9.17, 15) is 18.0 Å². The first-order chi connectivity index (χ1) is 14.4. The number of halogens is 4. The van der Waals surface area contributed by atoms with Crippen LogP contribution in [0, 0.1) is 17.8 Å². The second-order valence-corrected chi connectivity index (χ2v) is 10.7. The van der Waals surface area contributed by atoms with E-state index < -0.39 is 11.7 Å². The average Bonchev–Trinajstić information content (AvgIpc) is 2.75. The van der Waals surface area contributed by atoms with Crippen LogP contribution in [0.5, 0.6) is 0 Å². The molecule has 2 aromatic rings.